The van der Waals surface area contributed by atoms with Crippen molar-refractivity contribution in [2.24, 2.45) is 0 Å². The van der Waals surface area contributed by atoms with Gasteiger partial charge in [0.15, 0.2) is 0 Å². The van der Waals surface area contributed by atoms with Crippen LogP contribution >= 0.6 is 12.6 Å². The largest absolute Gasteiger partial charge is 0.312 e. The maximum Gasteiger partial charge on any atom is 0.0909 e. The predicted molar refractivity (Wildman–Crippen MR) is 47.7 cm³/mol. The van der Waals surface area contributed by atoms with Crippen molar-refractivity contribution in [2.75, 3.05) is 0 Å². The molecule has 0 unspecified atom stereocenters. The van der Waals surface area contributed by atoms with Crippen molar-refractivity contribution in [1.82, 2.24) is 10.4 Å². The summed E-state index contributed by atoms with van der Waals surface area (Å²) in [6.07, 6.45) is 0. The maximum absolute atomic E-state index is 9.68. The Labute approximate surface area is 73.1 Å². The monoisotopic (exact) mass is 176 g/mol. The van der Waals surface area contributed by atoms with Gasteiger partial charge in [-0.25, -0.2) is 0 Å². The maximum atomic E-state index is 9.68. The summed E-state index contributed by atoms with van der Waals surface area (Å²) in [7, 11) is 0. The van der Waals surface area contributed by atoms with Gasteiger partial charge in [0.25, 0.3) is 0 Å². The lowest BCUT2D eigenvalue weighted by Crippen LogP contribution is -2.49. The Morgan fingerprint density at radius 3 is 1.91 bits per heavy atom. The van der Waals surface area contributed by atoms with Crippen LogP contribution in [0.2, 0.25) is 0 Å². The van der Waals surface area contributed by atoms with Crippen LogP contribution in [0.25, 0.3) is 0 Å². The molecule has 2 N–H and O–H groups in total. The quantitative estimate of drug-likeness (QED) is 0.483. The molecule has 11 heavy (non-hydrogen) atoms. The van der Waals surface area contributed by atoms with Gasteiger partial charge in [-0.05, 0) is 27.7 Å². The van der Waals surface area contributed by atoms with Crippen molar-refractivity contribution in [3.63, 3.8) is 0 Å². The van der Waals surface area contributed by atoms with Crippen molar-refractivity contribution in [2.45, 2.75) is 44.3 Å². The topological polar surface area (TPSA) is 35.5 Å². The molecule has 1 saturated heterocycles. The molecule has 1 aliphatic rings. The Kier molecular flexibility index (Phi) is 2.00. The van der Waals surface area contributed by atoms with Gasteiger partial charge in [-0.3, -0.25) is 5.32 Å². The van der Waals surface area contributed by atoms with Crippen molar-refractivity contribution < 1.29 is 5.21 Å². The van der Waals surface area contributed by atoms with E-state index in [1.54, 1.807) is 0 Å². The van der Waals surface area contributed by atoms with Crippen molar-refractivity contribution >= 4 is 12.6 Å². The van der Waals surface area contributed by atoms with E-state index in [1.807, 2.05) is 27.7 Å². The van der Waals surface area contributed by atoms with Crippen LogP contribution in [-0.4, -0.2) is 26.8 Å². The first kappa shape index (κ1) is 9.32. The molecule has 0 bridgehead atoms. The van der Waals surface area contributed by atoms with Gasteiger partial charge in [0, 0.05) is 0 Å². The van der Waals surface area contributed by atoms with E-state index >= 15 is 0 Å². The minimum absolute atomic E-state index is 0.00231. The number of hydrogen-bond donors (Lipinski definition) is 3. The molecule has 0 spiro atoms. The van der Waals surface area contributed by atoms with Gasteiger partial charge in [-0.2, -0.15) is 17.7 Å². The van der Waals surface area contributed by atoms with Gasteiger partial charge < -0.3 is 5.21 Å². The number of thiol groups is 1. The van der Waals surface area contributed by atoms with Gasteiger partial charge in [0.2, 0.25) is 0 Å². The number of rotatable bonds is 0. The molecule has 0 aromatic carbocycles. The minimum atomic E-state index is -0.379. The highest BCUT2D eigenvalue weighted by molar-refractivity contribution is 7.81. The molecule has 1 atom stereocenters. The van der Waals surface area contributed by atoms with Crippen LogP contribution in [0.1, 0.15) is 27.7 Å². The number of hydroxylamine groups is 2. The molecule has 0 aromatic heterocycles. The molecule has 0 radical (unpaired) electrons. The number of hydrogen-bond acceptors (Lipinski definition) is 4. The highest BCUT2D eigenvalue weighted by Crippen LogP contribution is 2.33. The smallest absolute Gasteiger partial charge is 0.0909 e. The van der Waals surface area contributed by atoms with Crippen LogP contribution in [0.5, 0.6) is 0 Å². The molecule has 1 rings (SSSR count). The summed E-state index contributed by atoms with van der Waals surface area (Å²) in [4.78, 5) is 0. The third-order valence-corrected chi connectivity index (χ3v) is 3.00. The van der Waals surface area contributed by atoms with E-state index in [2.05, 4.69) is 17.9 Å². The fraction of sp³-hybridized carbons (Fsp3) is 1.00. The summed E-state index contributed by atoms with van der Waals surface area (Å²) < 4.78 is 0. The second-order valence-corrected chi connectivity index (χ2v) is 4.59. The van der Waals surface area contributed by atoms with Crippen LogP contribution in [0.4, 0.5) is 0 Å². The summed E-state index contributed by atoms with van der Waals surface area (Å²) in [5.74, 6) is 0. The van der Waals surface area contributed by atoms with Gasteiger partial charge in [0.1, 0.15) is 0 Å². The van der Waals surface area contributed by atoms with Crippen LogP contribution in [0.3, 0.4) is 0 Å². The molecule has 66 valence electrons. The first-order valence-electron chi connectivity index (χ1n) is 3.73. The van der Waals surface area contributed by atoms with E-state index < -0.39 is 0 Å². The standard InChI is InChI=1S/C7H16N2OS/c1-6(2)5(11)8-7(3,4)9(6)10/h5,8,10-11H,1-4H3/t5-/m1/s1. The normalized spacial score (nSPS) is 36.0. The molecule has 4 heteroatoms. The summed E-state index contributed by atoms with van der Waals surface area (Å²) in [5, 5.41) is 14.2. The number of nitrogens with one attached hydrogen (secondary N) is 1. The van der Waals surface area contributed by atoms with Crippen molar-refractivity contribution in [3.05, 3.63) is 0 Å². The third kappa shape index (κ3) is 1.28. The molecule has 1 fully saturated rings. The summed E-state index contributed by atoms with van der Waals surface area (Å²) in [6, 6.07) is 0. The fourth-order valence-electron chi connectivity index (χ4n) is 1.41. The first-order valence-corrected chi connectivity index (χ1v) is 4.25. The third-order valence-electron chi connectivity index (χ3n) is 2.23. The first-order chi connectivity index (χ1) is 4.78. The molecule has 3 nitrogen and oxygen atoms in total. The Hall–Kier alpha value is 0.230. The van der Waals surface area contributed by atoms with Gasteiger partial charge in [-0.1, -0.05) is 0 Å². The molecule has 0 aliphatic carbocycles. The van der Waals surface area contributed by atoms with Crippen LogP contribution in [0, 0.1) is 0 Å². The molecular weight excluding hydrogens is 160 g/mol. The molecule has 1 heterocycles. The summed E-state index contributed by atoms with van der Waals surface area (Å²) in [5.41, 5.74) is -0.692. The molecule has 0 amide bonds. The second kappa shape index (κ2) is 2.36. The average Bonchev–Trinajstić information content (AvgIpc) is 1.94. The van der Waals surface area contributed by atoms with E-state index in [0.717, 1.165) is 0 Å². The van der Waals surface area contributed by atoms with Crippen LogP contribution in [-0.2, 0) is 0 Å². The van der Waals surface area contributed by atoms with E-state index in [4.69, 9.17) is 0 Å². The molecular formula is C7H16N2OS. The summed E-state index contributed by atoms with van der Waals surface area (Å²) in [6.45, 7) is 7.74. The zero-order chi connectivity index (χ0) is 8.86. The zero-order valence-corrected chi connectivity index (χ0v) is 8.31. The van der Waals surface area contributed by atoms with E-state index in [9.17, 15) is 5.21 Å². The van der Waals surface area contributed by atoms with Gasteiger partial charge >= 0.3 is 0 Å². The predicted octanol–water partition coefficient (Wildman–Crippen LogP) is 1.05. The lowest BCUT2D eigenvalue weighted by molar-refractivity contribution is -0.194. The molecule has 0 saturated carbocycles. The van der Waals surface area contributed by atoms with Crippen LogP contribution < -0.4 is 5.32 Å². The Bertz CT molecular complexity index is 170. The highest BCUT2D eigenvalue weighted by Gasteiger charge is 2.49. The van der Waals surface area contributed by atoms with Gasteiger partial charge in [-0.15, -0.1) is 0 Å². The van der Waals surface area contributed by atoms with Gasteiger partial charge in [0.05, 0.1) is 16.6 Å². The van der Waals surface area contributed by atoms with Crippen molar-refractivity contribution in [3.8, 4) is 0 Å². The van der Waals surface area contributed by atoms with Crippen LogP contribution in [0.15, 0.2) is 0 Å². The minimum Gasteiger partial charge on any atom is -0.312 e. The molecule has 0 aromatic rings. The Balaban J connectivity index is 2.89. The fourth-order valence-corrected chi connectivity index (χ4v) is 1.83. The Morgan fingerprint density at radius 1 is 1.36 bits per heavy atom. The van der Waals surface area contributed by atoms with E-state index in [1.165, 1.54) is 5.06 Å². The van der Waals surface area contributed by atoms with E-state index in [0.29, 0.717) is 0 Å². The molecule has 1 aliphatic heterocycles. The Morgan fingerprint density at radius 2 is 1.82 bits per heavy atom. The highest BCUT2D eigenvalue weighted by atomic mass is 32.1. The lowest BCUT2D eigenvalue weighted by Gasteiger charge is -2.33. The SMILES string of the molecule is CC1(C)N[C@H](S)C(C)(C)N1O. The zero-order valence-electron chi connectivity index (χ0n) is 7.42. The van der Waals surface area contributed by atoms with Crippen molar-refractivity contribution in [1.29, 1.82) is 0 Å². The second-order valence-electron chi connectivity index (χ2n) is 4.07. The lowest BCUT2D eigenvalue weighted by atomic mass is 10.1. The number of nitrogens with zero attached hydrogens (tertiary/aromatic N) is 1. The average molecular weight is 176 g/mol. The van der Waals surface area contributed by atoms with E-state index in [-0.39, 0.29) is 16.6 Å². The summed E-state index contributed by atoms with van der Waals surface area (Å²) >= 11 is 4.33.